The van der Waals surface area contributed by atoms with Gasteiger partial charge < -0.3 is 10.6 Å². The second-order valence-electron chi connectivity index (χ2n) is 7.47. The Morgan fingerprint density at radius 2 is 1.53 bits per heavy atom. The van der Waals surface area contributed by atoms with E-state index in [0.29, 0.717) is 5.41 Å². The lowest BCUT2D eigenvalue weighted by molar-refractivity contribution is -0.0890. The minimum atomic E-state index is 0.633. The molecule has 0 aromatic carbocycles. The molecule has 0 amide bonds. The van der Waals surface area contributed by atoms with Crippen LogP contribution in [0.3, 0.4) is 0 Å². The standard InChI is InChI=1S/C15H28N2/c1-17(2)10-14(9-16)15-6-11-3-12(7-15)5-13(4-11)8-15/h11-14H,3-10,16H2,1-2H3. The fraction of sp³-hybridized carbons (Fsp3) is 1.00. The van der Waals surface area contributed by atoms with E-state index in [-0.39, 0.29) is 0 Å². The first-order valence-corrected chi connectivity index (χ1v) is 7.46. The summed E-state index contributed by atoms with van der Waals surface area (Å²) in [4.78, 5) is 2.34. The van der Waals surface area contributed by atoms with E-state index in [2.05, 4.69) is 19.0 Å². The van der Waals surface area contributed by atoms with Crippen LogP contribution in [0.4, 0.5) is 0 Å². The van der Waals surface area contributed by atoms with Crippen LogP contribution in [0.25, 0.3) is 0 Å². The first-order valence-electron chi connectivity index (χ1n) is 7.46. The topological polar surface area (TPSA) is 29.3 Å². The van der Waals surface area contributed by atoms with Gasteiger partial charge in [-0.15, -0.1) is 0 Å². The highest BCUT2D eigenvalue weighted by molar-refractivity contribution is 5.04. The van der Waals surface area contributed by atoms with Crippen molar-refractivity contribution >= 4 is 0 Å². The third kappa shape index (κ3) is 2.04. The number of nitrogens with zero attached hydrogens (tertiary/aromatic N) is 1. The van der Waals surface area contributed by atoms with Crippen LogP contribution in [0.15, 0.2) is 0 Å². The van der Waals surface area contributed by atoms with Crippen LogP contribution >= 0.6 is 0 Å². The maximum Gasteiger partial charge on any atom is 0.00209 e. The van der Waals surface area contributed by atoms with Crippen molar-refractivity contribution in [3.8, 4) is 0 Å². The summed E-state index contributed by atoms with van der Waals surface area (Å²) in [5.74, 6) is 3.90. The van der Waals surface area contributed by atoms with E-state index in [0.717, 1.165) is 30.2 Å². The molecule has 4 aliphatic carbocycles. The number of nitrogens with two attached hydrogens (primary N) is 1. The van der Waals surface area contributed by atoms with Crippen molar-refractivity contribution in [3.63, 3.8) is 0 Å². The summed E-state index contributed by atoms with van der Waals surface area (Å²) in [6, 6.07) is 0. The van der Waals surface area contributed by atoms with Crippen LogP contribution in [0.2, 0.25) is 0 Å². The first kappa shape index (κ1) is 12.0. The number of hydrogen-bond acceptors (Lipinski definition) is 2. The summed E-state index contributed by atoms with van der Waals surface area (Å²) in [6.45, 7) is 2.09. The van der Waals surface area contributed by atoms with Gasteiger partial charge in [0.15, 0.2) is 0 Å². The van der Waals surface area contributed by atoms with E-state index in [9.17, 15) is 0 Å². The molecule has 98 valence electrons. The van der Waals surface area contributed by atoms with Gasteiger partial charge in [-0.05, 0) is 88.3 Å². The van der Waals surface area contributed by atoms with Crippen LogP contribution in [-0.4, -0.2) is 32.1 Å². The van der Waals surface area contributed by atoms with Crippen LogP contribution in [0.1, 0.15) is 38.5 Å². The molecule has 0 aliphatic heterocycles. The van der Waals surface area contributed by atoms with Crippen molar-refractivity contribution in [3.05, 3.63) is 0 Å². The Hall–Kier alpha value is -0.0800. The van der Waals surface area contributed by atoms with Crippen LogP contribution < -0.4 is 5.73 Å². The molecule has 4 bridgehead atoms. The molecule has 2 N–H and O–H groups in total. The van der Waals surface area contributed by atoms with Gasteiger partial charge in [-0.2, -0.15) is 0 Å². The second-order valence-corrected chi connectivity index (χ2v) is 7.47. The summed E-state index contributed by atoms with van der Waals surface area (Å²) in [7, 11) is 4.40. The molecule has 4 aliphatic rings. The molecule has 1 atom stereocenters. The minimum absolute atomic E-state index is 0.633. The minimum Gasteiger partial charge on any atom is -0.330 e. The van der Waals surface area contributed by atoms with Crippen LogP contribution in [0.5, 0.6) is 0 Å². The summed E-state index contributed by atoms with van der Waals surface area (Å²) in [5.41, 5.74) is 6.75. The normalized spacial score (nSPS) is 45.5. The monoisotopic (exact) mass is 236 g/mol. The van der Waals surface area contributed by atoms with Crippen molar-refractivity contribution < 1.29 is 0 Å². The smallest absolute Gasteiger partial charge is 0.00209 e. The Morgan fingerprint density at radius 3 is 1.88 bits per heavy atom. The fourth-order valence-electron chi connectivity index (χ4n) is 5.64. The molecule has 2 heteroatoms. The molecular weight excluding hydrogens is 208 g/mol. The summed E-state index contributed by atoms with van der Waals surface area (Å²) in [5, 5.41) is 0. The average Bonchev–Trinajstić information content (AvgIpc) is 2.23. The molecule has 1 unspecified atom stereocenters. The summed E-state index contributed by atoms with van der Waals surface area (Å²) < 4.78 is 0. The molecule has 17 heavy (non-hydrogen) atoms. The SMILES string of the molecule is CN(C)CC(CN)C12CC3CC(CC(C3)C1)C2. The molecule has 0 saturated heterocycles. The van der Waals surface area contributed by atoms with Gasteiger partial charge in [0, 0.05) is 6.54 Å². The van der Waals surface area contributed by atoms with Gasteiger partial charge in [-0.3, -0.25) is 0 Å². The van der Waals surface area contributed by atoms with Crippen molar-refractivity contribution in [2.45, 2.75) is 38.5 Å². The number of rotatable bonds is 4. The zero-order valence-corrected chi connectivity index (χ0v) is 11.5. The molecule has 2 nitrogen and oxygen atoms in total. The zero-order valence-electron chi connectivity index (χ0n) is 11.5. The third-order valence-corrected chi connectivity index (χ3v) is 5.82. The predicted molar refractivity (Wildman–Crippen MR) is 71.7 cm³/mol. The lowest BCUT2D eigenvalue weighted by Gasteiger charge is -2.59. The van der Waals surface area contributed by atoms with E-state index >= 15 is 0 Å². The zero-order chi connectivity index (χ0) is 12.0. The highest BCUT2D eigenvalue weighted by Gasteiger charge is 2.53. The maximum atomic E-state index is 6.12. The average molecular weight is 236 g/mol. The Morgan fingerprint density at radius 1 is 1.06 bits per heavy atom. The highest BCUT2D eigenvalue weighted by atomic mass is 15.1. The summed E-state index contributed by atoms with van der Waals surface area (Å²) in [6.07, 6.45) is 9.10. The van der Waals surface area contributed by atoms with Crippen molar-refractivity contribution in [2.24, 2.45) is 34.8 Å². The maximum absolute atomic E-state index is 6.12. The van der Waals surface area contributed by atoms with E-state index in [1.165, 1.54) is 45.1 Å². The quantitative estimate of drug-likeness (QED) is 0.812. The van der Waals surface area contributed by atoms with E-state index in [1.807, 2.05) is 0 Å². The Balaban J connectivity index is 1.80. The van der Waals surface area contributed by atoms with Crippen LogP contribution in [0, 0.1) is 29.1 Å². The second kappa shape index (κ2) is 4.24. The molecule has 0 spiro atoms. The highest BCUT2D eigenvalue weighted by Crippen LogP contribution is 2.62. The molecule has 4 rings (SSSR count). The first-order chi connectivity index (χ1) is 8.11. The predicted octanol–water partition coefficient (Wildman–Crippen LogP) is 2.34. The van der Waals surface area contributed by atoms with Gasteiger partial charge in [-0.1, -0.05) is 0 Å². The van der Waals surface area contributed by atoms with Crippen molar-refractivity contribution in [2.75, 3.05) is 27.2 Å². The van der Waals surface area contributed by atoms with Gasteiger partial charge in [-0.25, -0.2) is 0 Å². The Kier molecular flexibility index (Phi) is 2.99. The molecule has 4 fully saturated rings. The fourth-order valence-corrected chi connectivity index (χ4v) is 5.64. The summed E-state index contributed by atoms with van der Waals surface area (Å²) >= 11 is 0. The third-order valence-electron chi connectivity index (χ3n) is 5.82. The number of hydrogen-bond donors (Lipinski definition) is 1. The lowest BCUT2D eigenvalue weighted by atomic mass is 9.46. The van der Waals surface area contributed by atoms with Gasteiger partial charge in [0.1, 0.15) is 0 Å². The lowest BCUT2D eigenvalue weighted by Crippen LogP contribution is -2.53. The van der Waals surface area contributed by atoms with Gasteiger partial charge in [0.25, 0.3) is 0 Å². The molecule has 0 aromatic heterocycles. The van der Waals surface area contributed by atoms with Gasteiger partial charge >= 0.3 is 0 Å². The van der Waals surface area contributed by atoms with Crippen LogP contribution in [-0.2, 0) is 0 Å². The van der Waals surface area contributed by atoms with Crippen molar-refractivity contribution in [1.82, 2.24) is 4.90 Å². The molecule has 4 saturated carbocycles. The molecule has 0 radical (unpaired) electrons. The van der Waals surface area contributed by atoms with E-state index in [4.69, 9.17) is 5.73 Å². The Bertz CT molecular complexity index is 249. The Labute approximate surface area is 106 Å². The van der Waals surface area contributed by atoms with Gasteiger partial charge in [0.05, 0.1) is 0 Å². The van der Waals surface area contributed by atoms with Gasteiger partial charge in [0.2, 0.25) is 0 Å². The molecule has 0 heterocycles. The molecular formula is C15H28N2. The van der Waals surface area contributed by atoms with E-state index < -0.39 is 0 Å². The van der Waals surface area contributed by atoms with E-state index in [1.54, 1.807) is 0 Å². The van der Waals surface area contributed by atoms with Crippen molar-refractivity contribution in [1.29, 1.82) is 0 Å². The largest absolute Gasteiger partial charge is 0.330 e. The molecule has 0 aromatic rings.